The fourth-order valence-electron chi connectivity index (χ4n) is 5.44. The van der Waals surface area contributed by atoms with Crippen LogP contribution in [-0.4, -0.2) is 6.29 Å². The van der Waals surface area contributed by atoms with Crippen molar-refractivity contribution in [2.24, 2.45) is 29.6 Å². The molecule has 0 aromatic rings. The van der Waals surface area contributed by atoms with Gasteiger partial charge in [0.1, 0.15) is 6.29 Å². The predicted octanol–water partition coefficient (Wildman–Crippen LogP) is 7.57. The summed E-state index contributed by atoms with van der Waals surface area (Å²) in [6.45, 7) is 4.96. The van der Waals surface area contributed by atoms with Gasteiger partial charge < -0.3 is 4.79 Å². The molecule has 0 radical (unpaired) electrons. The molecule has 1 heteroatoms. The van der Waals surface area contributed by atoms with E-state index in [1.54, 1.807) is 0 Å². The Morgan fingerprint density at radius 1 is 0.720 bits per heavy atom. The maximum Gasteiger partial charge on any atom is 0.123 e. The van der Waals surface area contributed by atoms with E-state index in [1.165, 1.54) is 96.2 Å². The molecule has 0 N–H and O–H groups in total. The van der Waals surface area contributed by atoms with Crippen LogP contribution in [0.25, 0.3) is 0 Å². The Labute approximate surface area is 157 Å². The molecule has 0 aromatic heterocycles. The Kier molecular flexibility index (Phi) is 10.2. The summed E-state index contributed by atoms with van der Waals surface area (Å²) in [6, 6.07) is 0. The molecule has 0 amide bonds. The highest BCUT2D eigenvalue weighted by Gasteiger charge is 2.26. The van der Waals surface area contributed by atoms with Crippen LogP contribution in [0.2, 0.25) is 0 Å². The lowest BCUT2D eigenvalue weighted by molar-refractivity contribution is -0.112. The molecule has 3 atom stereocenters. The zero-order valence-electron chi connectivity index (χ0n) is 17.2. The summed E-state index contributed by atoms with van der Waals surface area (Å²) in [6.07, 6.45) is 23.6. The third-order valence-corrected chi connectivity index (χ3v) is 7.65. The average molecular weight is 349 g/mol. The first kappa shape index (κ1) is 21.0. The highest BCUT2D eigenvalue weighted by atomic mass is 16.1. The van der Waals surface area contributed by atoms with Crippen molar-refractivity contribution < 1.29 is 4.79 Å². The van der Waals surface area contributed by atoms with Gasteiger partial charge in [0.2, 0.25) is 0 Å². The molecule has 146 valence electrons. The summed E-state index contributed by atoms with van der Waals surface area (Å²) in [4.78, 5) is 10.8. The first-order chi connectivity index (χ1) is 12.2. The summed E-state index contributed by atoms with van der Waals surface area (Å²) in [5.74, 6) is 4.27. The van der Waals surface area contributed by atoms with E-state index in [9.17, 15) is 4.79 Å². The van der Waals surface area contributed by atoms with Crippen molar-refractivity contribution in [2.75, 3.05) is 0 Å². The van der Waals surface area contributed by atoms with Crippen LogP contribution in [0.3, 0.4) is 0 Å². The quantitative estimate of drug-likeness (QED) is 0.278. The van der Waals surface area contributed by atoms with Crippen LogP contribution in [-0.2, 0) is 4.79 Å². The lowest BCUT2D eigenvalue weighted by atomic mass is 9.72. The fraction of sp³-hybridized carbons (Fsp3) is 0.958. The normalized spacial score (nSPS) is 33.3. The van der Waals surface area contributed by atoms with Crippen molar-refractivity contribution in [2.45, 2.75) is 117 Å². The second-order valence-corrected chi connectivity index (χ2v) is 9.50. The van der Waals surface area contributed by atoms with Crippen LogP contribution < -0.4 is 0 Å². The summed E-state index contributed by atoms with van der Waals surface area (Å²) >= 11 is 0. The molecule has 2 fully saturated rings. The molecule has 0 heterocycles. The van der Waals surface area contributed by atoms with Crippen molar-refractivity contribution in [1.82, 2.24) is 0 Å². The minimum atomic E-state index is 0.385. The molecule has 25 heavy (non-hydrogen) atoms. The number of hydrogen-bond donors (Lipinski definition) is 0. The van der Waals surface area contributed by atoms with Crippen molar-refractivity contribution in [1.29, 1.82) is 0 Å². The minimum Gasteiger partial charge on any atom is -0.303 e. The van der Waals surface area contributed by atoms with Gasteiger partial charge in [0.15, 0.2) is 0 Å². The van der Waals surface area contributed by atoms with Crippen LogP contribution in [0.5, 0.6) is 0 Å². The second kappa shape index (κ2) is 12.1. The van der Waals surface area contributed by atoms with Crippen molar-refractivity contribution in [3.05, 3.63) is 0 Å². The molecular formula is C24H44O. The number of aldehydes is 1. The van der Waals surface area contributed by atoms with Crippen LogP contribution in [0.1, 0.15) is 117 Å². The van der Waals surface area contributed by atoms with E-state index >= 15 is 0 Å². The standard InChI is InChI=1S/C24H44O/c1-20-11-10-14-24(21(20)2)13-9-7-5-3-4-6-8-12-22-15-17-23(19-25)18-16-22/h19-24H,3-18H2,1-2H3. The van der Waals surface area contributed by atoms with Gasteiger partial charge in [0, 0.05) is 5.92 Å². The summed E-state index contributed by atoms with van der Waals surface area (Å²) < 4.78 is 0. The van der Waals surface area contributed by atoms with Gasteiger partial charge in [0.25, 0.3) is 0 Å². The third kappa shape index (κ3) is 7.83. The number of carbonyl (C=O) groups is 1. The maximum atomic E-state index is 10.8. The second-order valence-electron chi connectivity index (χ2n) is 9.50. The van der Waals surface area contributed by atoms with E-state index in [-0.39, 0.29) is 0 Å². The predicted molar refractivity (Wildman–Crippen MR) is 109 cm³/mol. The molecule has 1 nitrogen and oxygen atoms in total. The van der Waals surface area contributed by atoms with Crippen LogP contribution >= 0.6 is 0 Å². The van der Waals surface area contributed by atoms with E-state index < -0.39 is 0 Å². The van der Waals surface area contributed by atoms with Gasteiger partial charge in [-0.25, -0.2) is 0 Å². The molecule has 3 unspecified atom stereocenters. The van der Waals surface area contributed by atoms with Gasteiger partial charge in [0.05, 0.1) is 0 Å². The molecule has 0 saturated heterocycles. The number of hydrogen-bond acceptors (Lipinski definition) is 1. The van der Waals surface area contributed by atoms with Gasteiger partial charge in [-0.05, 0) is 49.4 Å². The summed E-state index contributed by atoms with van der Waals surface area (Å²) in [5.41, 5.74) is 0. The maximum absolute atomic E-state index is 10.8. The summed E-state index contributed by atoms with van der Waals surface area (Å²) in [7, 11) is 0. The highest BCUT2D eigenvalue weighted by Crippen LogP contribution is 2.37. The van der Waals surface area contributed by atoms with Gasteiger partial charge in [-0.15, -0.1) is 0 Å². The first-order valence-corrected chi connectivity index (χ1v) is 11.7. The Morgan fingerprint density at radius 2 is 1.32 bits per heavy atom. The first-order valence-electron chi connectivity index (χ1n) is 11.7. The molecule has 2 aliphatic rings. The third-order valence-electron chi connectivity index (χ3n) is 7.65. The largest absolute Gasteiger partial charge is 0.303 e. The zero-order chi connectivity index (χ0) is 17.9. The average Bonchev–Trinajstić information content (AvgIpc) is 2.64. The molecule has 0 bridgehead atoms. The molecule has 2 saturated carbocycles. The van der Waals surface area contributed by atoms with Gasteiger partial charge in [-0.3, -0.25) is 0 Å². The smallest absolute Gasteiger partial charge is 0.123 e. The van der Waals surface area contributed by atoms with E-state index in [4.69, 9.17) is 0 Å². The van der Waals surface area contributed by atoms with Crippen molar-refractivity contribution in [3.63, 3.8) is 0 Å². The van der Waals surface area contributed by atoms with Crippen LogP contribution in [0.15, 0.2) is 0 Å². The minimum absolute atomic E-state index is 0.385. The fourth-order valence-corrected chi connectivity index (χ4v) is 5.44. The monoisotopic (exact) mass is 348 g/mol. The molecule has 0 aliphatic heterocycles. The van der Waals surface area contributed by atoms with Crippen molar-refractivity contribution in [3.8, 4) is 0 Å². The van der Waals surface area contributed by atoms with Gasteiger partial charge in [-0.2, -0.15) is 0 Å². The highest BCUT2D eigenvalue weighted by molar-refractivity contribution is 5.53. The van der Waals surface area contributed by atoms with Gasteiger partial charge >= 0.3 is 0 Å². The number of rotatable bonds is 11. The number of unbranched alkanes of at least 4 members (excludes halogenated alkanes) is 6. The van der Waals surface area contributed by atoms with E-state index in [0.29, 0.717) is 5.92 Å². The summed E-state index contributed by atoms with van der Waals surface area (Å²) in [5, 5.41) is 0. The molecular weight excluding hydrogens is 304 g/mol. The van der Waals surface area contributed by atoms with Gasteiger partial charge in [-0.1, -0.05) is 90.9 Å². The lowest BCUT2D eigenvalue weighted by Gasteiger charge is -2.34. The number of carbonyl (C=O) groups excluding carboxylic acids is 1. The topological polar surface area (TPSA) is 17.1 Å². The zero-order valence-corrected chi connectivity index (χ0v) is 17.2. The molecule has 2 rings (SSSR count). The van der Waals surface area contributed by atoms with Crippen LogP contribution in [0, 0.1) is 29.6 Å². The Morgan fingerprint density at radius 3 is 1.96 bits per heavy atom. The Bertz CT molecular complexity index is 342. The van der Waals surface area contributed by atoms with E-state index in [1.807, 2.05) is 0 Å². The van der Waals surface area contributed by atoms with E-state index in [0.717, 1.165) is 36.5 Å². The lowest BCUT2D eigenvalue weighted by Crippen LogP contribution is -2.23. The Hall–Kier alpha value is -0.330. The Balaban J connectivity index is 1.37. The SMILES string of the molecule is CC1CCCC(CCCCCCCCCC2CCC(C=O)CC2)C1C. The van der Waals surface area contributed by atoms with E-state index in [2.05, 4.69) is 13.8 Å². The molecule has 0 aromatic carbocycles. The molecule has 2 aliphatic carbocycles. The molecule has 0 spiro atoms. The van der Waals surface area contributed by atoms with Crippen molar-refractivity contribution >= 4 is 6.29 Å². The van der Waals surface area contributed by atoms with Crippen LogP contribution in [0.4, 0.5) is 0 Å².